The molecule has 1 aliphatic rings. The predicted octanol–water partition coefficient (Wildman–Crippen LogP) is 1.67. The fraction of sp³-hybridized carbons (Fsp3) is 0.429. The molecule has 0 bridgehead atoms. The highest BCUT2D eigenvalue weighted by atomic mass is 16.6. The Hall–Kier alpha value is -1.48. The van der Waals surface area contributed by atoms with Crippen LogP contribution in [0.3, 0.4) is 0 Å². The van der Waals surface area contributed by atoms with E-state index in [0.29, 0.717) is 0 Å². The van der Waals surface area contributed by atoms with Gasteiger partial charge in [-0.15, -0.1) is 0 Å². The maximum absolute atomic E-state index is 8.58. The fourth-order valence-corrected chi connectivity index (χ4v) is 1.09. The maximum Gasteiger partial charge on any atom is 0.149 e. The number of hydrogen-bond donors (Lipinski definition) is 1. The highest BCUT2D eigenvalue weighted by Crippen LogP contribution is 2.22. The van der Waals surface area contributed by atoms with E-state index in [0.717, 1.165) is 12.8 Å². The Balaban J connectivity index is 2.19. The summed E-state index contributed by atoms with van der Waals surface area (Å²) in [5, 5.41) is 8.58. The zero-order valence-corrected chi connectivity index (χ0v) is 9.44. The summed E-state index contributed by atoms with van der Waals surface area (Å²) in [5.74, 6) is 11.2. The van der Waals surface area contributed by atoms with Crippen LogP contribution in [0.1, 0.15) is 19.8 Å². The Morgan fingerprint density at radius 1 is 1.38 bits per heavy atom. The first-order chi connectivity index (χ1) is 7.88. The van der Waals surface area contributed by atoms with Gasteiger partial charge in [-0.05, 0) is 37.7 Å². The van der Waals surface area contributed by atoms with Crippen LogP contribution in [0.4, 0.5) is 0 Å². The lowest BCUT2D eigenvalue weighted by atomic mass is 10.2. The van der Waals surface area contributed by atoms with E-state index in [1.54, 1.807) is 6.08 Å². The van der Waals surface area contributed by atoms with E-state index >= 15 is 0 Å². The van der Waals surface area contributed by atoms with Gasteiger partial charge in [0, 0.05) is 6.61 Å². The molecule has 2 heteroatoms. The quantitative estimate of drug-likeness (QED) is 0.335. The average molecular weight is 216 g/mol. The standard InChI is InChI=1S/C14H16O2/c1-2-3-4-5-7-10-13-14(16-13)11-8-6-9-12-15/h2-3,8,11,13-15H,6,9,12H2,1H3/b3-2+,11-8+/t13-,14-/m0/s1. The first-order valence-corrected chi connectivity index (χ1v) is 5.43. The molecule has 1 aliphatic heterocycles. The molecule has 1 N–H and O–H groups in total. The molecule has 0 saturated carbocycles. The molecule has 0 radical (unpaired) electrons. The van der Waals surface area contributed by atoms with Gasteiger partial charge in [-0.2, -0.15) is 0 Å². The number of aliphatic hydroxyl groups excluding tert-OH is 1. The molecule has 2 atom stereocenters. The van der Waals surface area contributed by atoms with Crippen molar-refractivity contribution < 1.29 is 9.84 Å². The molecule has 16 heavy (non-hydrogen) atoms. The van der Waals surface area contributed by atoms with Crippen LogP contribution < -0.4 is 0 Å². The van der Waals surface area contributed by atoms with Crippen LogP contribution in [0.25, 0.3) is 0 Å². The van der Waals surface area contributed by atoms with Gasteiger partial charge < -0.3 is 9.84 Å². The molecule has 1 saturated heterocycles. The van der Waals surface area contributed by atoms with Crippen LogP contribution in [0.2, 0.25) is 0 Å². The zero-order valence-electron chi connectivity index (χ0n) is 9.44. The van der Waals surface area contributed by atoms with Crippen molar-refractivity contribution in [3.05, 3.63) is 24.3 Å². The zero-order chi connectivity index (χ0) is 11.6. The van der Waals surface area contributed by atoms with Crippen molar-refractivity contribution in [3.63, 3.8) is 0 Å². The van der Waals surface area contributed by atoms with Crippen LogP contribution in [0.15, 0.2) is 24.3 Å². The highest BCUT2D eigenvalue weighted by Gasteiger charge is 2.34. The minimum absolute atomic E-state index is 0.00489. The number of allylic oxidation sites excluding steroid dienone is 3. The summed E-state index contributed by atoms with van der Waals surface area (Å²) in [6.45, 7) is 2.15. The summed E-state index contributed by atoms with van der Waals surface area (Å²) in [7, 11) is 0. The molecule has 1 rings (SSSR count). The van der Waals surface area contributed by atoms with Gasteiger partial charge >= 0.3 is 0 Å². The molecule has 0 spiro atoms. The summed E-state index contributed by atoms with van der Waals surface area (Å²) in [4.78, 5) is 0. The van der Waals surface area contributed by atoms with Gasteiger partial charge in [0.1, 0.15) is 12.2 Å². The number of hydrogen-bond acceptors (Lipinski definition) is 2. The number of aliphatic hydroxyl groups is 1. The molecule has 0 aliphatic carbocycles. The summed E-state index contributed by atoms with van der Waals surface area (Å²) in [6.07, 6.45) is 9.46. The lowest BCUT2D eigenvalue weighted by molar-refractivity contribution is 0.289. The summed E-state index contributed by atoms with van der Waals surface area (Å²) < 4.78 is 5.30. The molecular formula is C14H16O2. The third-order valence-electron chi connectivity index (χ3n) is 1.98. The Morgan fingerprint density at radius 3 is 3.00 bits per heavy atom. The maximum atomic E-state index is 8.58. The van der Waals surface area contributed by atoms with Crippen LogP contribution >= 0.6 is 0 Å². The predicted molar refractivity (Wildman–Crippen MR) is 64.5 cm³/mol. The number of ether oxygens (including phenoxy) is 1. The van der Waals surface area contributed by atoms with E-state index in [1.165, 1.54) is 0 Å². The van der Waals surface area contributed by atoms with Crippen LogP contribution in [-0.4, -0.2) is 23.9 Å². The van der Waals surface area contributed by atoms with E-state index < -0.39 is 0 Å². The lowest BCUT2D eigenvalue weighted by Gasteiger charge is -1.85. The average Bonchev–Trinajstić information content (AvgIpc) is 3.03. The Kier molecular flexibility index (Phi) is 6.11. The SMILES string of the molecule is C/C=C/C#CC#C[C@@H]1O[C@H]1/C=C/CCCO. The third-order valence-corrected chi connectivity index (χ3v) is 1.98. The minimum atomic E-state index is 0.00489. The monoisotopic (exact) mass is 216 g/mol. The first kappa shape index (κ1) is 12.6. The number of rotatable bonds is 4. The molecule has 2 nitrogen and oxygen atoms in total. The summed E-state index contributed by atoms with van der Waals surface area (Å²) >= 11 is 0. The normalized spacial score (nSPS) is 22.6. The van der Waals surface area contributed by atoms with Gasteiger partial charge in [0.05, 0.1) is 0 Å². The molecule has 0 amide bonds. The molecule has 0 aromatic rings. The number of epoxide rings is 1. The van der Waals surface area contributed by atoms with Gasteiger partial charge in [0.25, 0.3) is 0 Å². The highest BCUT2D eigenvalue weighted by molar-refractivity contribution is 5.33. The Bertz CT molecular complexity index is 371. The van der Waals surface area contributed by atoms with Crippen molar-refractivity contribution in [1.82, 2.24) is 0 Å². The van der Waals surface area contributed by atoms with Crippen LogP contribution in [0.5, 0.6) is 0 Å². The third kappa shape index (κ3) is 5.41. The van der Waals surface area contributed by atoms with E-state index in [-0.39, 0.29) is 18.8 Å². The van der Waals surface area contributed by atoms with Crippen molar-refractivity contribution >= 4 is 0 Å². The molecule has 0 aromatic carbocycles. The van der Waals surface area contributed by atoms with E-state index in [9.17, 15) is 0 Å². The smallest absolute Gasteiger partial charge is 0.149 e. The van der Waals surface area contributed by atoms with E-state index in [2.05, 4.69) is 23.7 Å². The molecular weight excluding hydrogens is 200 g/mol. The minimum Gasteiger partial charge on any atom is -0.396 e. The van der Waals surface area contributed by atoms with E-state index in [4.69, 9.17) is 9.84 Å². The second-order valence-electron chi connectivity index (χ2n) is 3.35. The Morgan fingerprint density at radius 2 is 2.25 bits per heavy atom. The molecule has 1 heterocycles. The largest absolute Gasteiger partial charge is 0.396 e. The number of unbranched alkanes of at least 4 members (excludes halogenated alkanes) is 1. The lowest BCUT2D eigenvalue weighted by Crippen LogP contribution is -1.85. The van der Waals surface area contributed by atoms with Gasteiger partial charge in [0.2, 0.25) is 0 Å². The molecule has 1 fully saturated rings. The Labute approximate surface area is 97.0 Å². The van der Waals surface area contributed by atoms with Crippen molar-refractivity contribution in [2.24, 2.45) is 0 Å². The van der Waals surface area contributed by atoms with Gasteiger partial charge in [0.15, 0.2) is 0 Å². The van der Waals surface area contributed by atoms with Crippen molar-refractivity contribution in [2.75, 3.05) is 6.61 Å². The van der Waals surface area contributed by atoms with Crippen molar-refractivity contribution in [2.45, 2.75) is 32.0 Å². The van der Waals surface area contributed by atoms with Crippen molar-refractivity contribution in [1.29, 1.82) is 0 Å². The van der Waals surface area contributed by atoms with Gasteiger partial charge in [-0.3, -0.25) is 0 Å². The summed E-state index contributed by atoms with van der Waals surface area (Å²) in [5.41, 5.74) is 0. The van der Waals surface area contributed by atoms with Gasteiger partial charge in [-0.1, -0.05) is 30.1 Å². The van der Waals surface area contributed by atoms with Crippen molar-refractivity contribution in [3.8, 4) is 23.7 Å². The fourth-order valence-electron chi connectivity index (χ4n) is 1.09. The first-order valence-electron chi connectivity index (χ1n) is 5.43. The van der Waals surface area contributed by atoms with E-state index in [1.807, 2.05) is 25.2 Å². The summed E-state index contributed by atoms with van der Waals surface area (Å²) in [6, 6.07) is 0. The molecule has 84 valence electrons. The molecule has 0 aromatic heterocycles. The second kappa shape index (κ2) is 7.77. The topological polar surface area (TPSA) is 32.8 Å². The van der Waals surface area contributed by atoms with Crippen LogP contribution in [0, 0.1) is 23.7 Å². The molecule has 0 unspecified atom stereocenters. The second-order valence-corrected chi connectivity index (χ2v) is 3.35. The van der Waals surface area contributed by atoms with Gasteiger partial charge in [-0.25, -0.2) is 0 Å². The van der Waals surface area contributed by atoms with Crippen LogP contribution in [-0.2, 0) is 4.74 Å².